The predicted octanol–water partition coefficient (Wildman–Crippen LogP) is 1.67. The van der Waals surface area contributed by atoms with Crippen LogP contribution in [0.25, 0.3) is 0 Å². The van der Waals surface area contributed by atoms with E-state index in [-0.39, 0.29) is 5.92 Å². The van der Waals surface area contributed by atoms with Crippen LogP contribution in [0.5, 0.6) is 0 Å². The van der Waals surface area contributed by atoms with Gasteiger partial charge in [-0.05, 0) is 18.8 Å². The Hall–Kier alpha value is -0.790. The molecule has 0 aromatic heterocycles. The van der Waals surface area contributed by atoms with Gasteiger partial charge in [0.1, 0.15) is 0 Å². The van der Waals surface area contributed by atoms with Crippen molar-refractivity contribution >= 4 is 5.97 Å². The third kappa shape index (κ3) is 1.59. The molecule has 0 saturated carbocycles. The van der Waals surface area contributed by atoms with E-state index < -0.39 is 5.97 Å². The van der Waals surface area contributed by atoms with Crippen molar-refractivity contribution in [3.05, 3.63) is 12.2 Å². The van der Waals surface area contributed by atoms with E-state index in [1.165, 1.54) is 0 Å². The first-order chi connectivity index (χ1) is 4.70. The number of allylic oxidation sites excluding steroid dienone is 1. The summed E-state index contributed by atoms with van der Waals surface area (Å²) in [7, 11) is 0. The fourth-order valence-electron chi connectivity index (χ4n) is 1.16. The Morgan fingerprint density at radius 1 is 1.50 bits per heavy atom. The van der Waals surface area contributed by atoms with Crippen LogP contribution in [0.3, 0.4) is 0 Å². The molecule has 2 unspecified atom stereocenters. The molecule has 0 saturated heterocycles. The Morgan fingerprint density at radius 2 is 2.20 bits per heavy atom. The molecule has 2 atom stereocenters. The first-order valence-electron chi connectivity index (χ1n) is 3.61. The quantitative estimate of drug-likeness (QED) is 0.562. The molecule has 10 heavy (non-hydrogen) atoms. The maximum Gasteiger partial charge on any atom is 0.310 e. The summed E-state index contributed by atoms with van der Waals surface area (Å²) in [6.45, 7) is 2.11. The summed E-state index contributed by atoms with van der Waals surface area (Å²) in [5, 5.41) is 8.57. The van der Waals surface area contributed by atoms with Crippen LogP contribution in [0.15, 0.2) is 12.2 Å². The monoisotopic (exact) mass is 140 g/mol. The van der Waals surface area contributed by atoms with Gasteiger partial charge in [0.05, 0.1) is 5.92 Å². The second kappa shape index (κ2) is 2.86. The summed E-state index contributed by atoms with van der Waals surface area (Å²) >= 11 is 0. The molecule has 1 aliphatic rings. The average molecular weight is 140 g/mol. The van der Waals surface area contributed by atoms with Crippen molar-refractivity contribution in [1.29, 1.82) is 0 Å². The first kappa shape index (κ1) is 7.32. The molecule has 0 bridgehead atoms. The van der Waals surface area contributed by atoms with Crippen molar-refractivity contribution < 1.29 is 9.90 Å². The van der Waals surface area contributed by atoms with Gasteiger partial charge in [-0.15, -0.1) is 0 Å². The predicted molar refractivity (Wildman–Crippen MR) is 38.7 cm³/mol. The van der Waals surface area contributed by atoms with Gasteiger partial charge in [-0.25, -0.2) is 0 Å². The highest BCUT2D eigenvalue weighted by atomic mass is 16.4. The SMILES string of the molecule is CC1C=CC(C(=O)O)CC1. The number of carbonyl (C=O) groups is 1. The van der Waals surface area contributed by atoms with Crippen molar-refractivity contribution in [3.63, 3.8) is 0 Å². The second-order valence-corrected chi connectivity index (χ2v) is 2.88. The minimum Gasteiger partial charge on any atom is -0.481 e. The summed E-state index contributed by atoms with van der Waals surface area (Å²) in [5.41, 5.74) is 0. The summed E-state index contributed by atoms with van der Waals surface area (Å²) in [6, 6.07) is 0. The van der Waals surface area contributed by atoms with E-state index in [0.717, 1.165) is 12.8 Å². The number of hydrogen-bond acceptors (Lipinski definition) is 1. The third-order valence-corrected chi connectivity index (χ3v) is 1.92. The summed E-state index contributed by atoms with van der Waals surface area (Å²) < 4.78 is 0. The Kier molecular flexibility index (Phi) is 2.10. The zero-order valence-electron chi connectivity index (χ0n) is 6.08. The maximum atomic E-state index is 10.4. The van der Waals surface area contributed by atoms with E-state index in [4.69, 9.17) is 5.11 Å². The lowest BCUT2D eigenvalue weighted by molar-refractivity contribution is -0.140. The highest BCUT2D eigenvalue weighted by Gasteiger charge is 2.18. The van der Waals surface area contributed by atoms with E-state index in [1.807, 2.05) is 6.08 Å². The molecule has 1 aliphatic carbocycles. The molecular formula is C8H12O2. The fraction of sp³-hybridized carbons (Fsp3) is 0.625. The molecule has 0 heterocycles. The average Bonchev–Trinajstić information content (AvgIpc) is 1.88. The fourth-order valence-corrected chi connectivity index (χ4v) is 1.16. The Bertz CT molecular complexity index is 161. The highest BCUT2D eigenvalue weighted by molar-refractivity contribution is 5.72. The minimum atomic E-state index is -0.692. The Morgan fingerprint density at radius 3 is 2.60 bits per heavy atom. The number of aliphatic carboxylic acids is 1. The number of rotatable bonds is 1. The lowest BCUT2D eigenvalue weighted by atomic mass is 9.90. The van der Waals surface area contributed by atoms with Crippen LogP contribution in [-0.2, 0) is 4.79 Å². The van der Waals surface area contributed by atoms with Crippen LogP contribution >= 0.6 is 0 Å². The number of hydrogen-bond donors (Lipinski definition) is 1. The molecule has 0 aromatic rings. The lowest BCUT2D eigenvalue weighted by Crippen LogP contribution is -2.15. The molecule has 2 heteroatoms. The van der Waals surface area contributed by atoms with Gasteiger partial charge >= 0.3 is 5.97 Å². The van der Waals surface area contributed by atoms with Crippen LogP contribution in [-0.4, -0.2) is 11.1 Å². The summed E-state index contributed by atoms with van der Waals surface area (Å²) in [6.07, 6.45) is 5.60. The molecule has 2 nitrogen and oxygen atoms in total. The molecule has 1 rings (SSSR count). The highest BCUT2D eigenvalue weighted by Crippen LogP contribution is 2.21. The van der Waals surface area contributed by atoms with E-state index in [9.17, 15) is 4.79 Å². The van der Waals surface area contributed by atoms with Gasteiger partial charge in [-0.3, -0.25) is 4.79 Å². The van der Waals surface area contributed by atoms with E-state index in [1.54, 1.807) is 6.08 Å². The molecule has 0 aromatic carbocycles. The van der Waals surface area contributed by atoms with Gasteiger partial charge in [-0.1, -0.05) is 19.1 Å². The Balaban J connectivity index is 2.53. The van der Waals surface area contributed by atoms with Crippen LogP contribution < -0.4 is 0 Å². The van der Waals surface area contributed by atoms with Gasteiger partial charge in [-0.2, -0.15) is 0 Å². The number of carboxylic acid groups (broad SMARTS) is 1. The van der Waals surface area contributed by atoms with Gasteiger partial charge in [0.15, 0.2) is 0 Å². The van der Waals surface area contributed by atoms with Crippen LogP contribution in [0, 0.1) is 11.8 Å². The zero-order chi connectivity index (χ0) is 7.56. The Labute approximate surface area is 60.6 Å². The van der Waals surface area contributed by atoms with Crippen molar-refractivity contribution in [1.82, 2.24) is 0 Å². The van der Waals surface area contributed by atoms with Crippen molar-refractivity contribution in [2.24, 2.45) is 11.8 Å². The standard InChI is InChI=1S/C8H12O2/c1-6-2-4-7(5-3-6)8(9)10/h2,4,6-7H,3,5H2,1H3,(H,9,10). The zero-order valence-corrected chi connectivity index (χ0v) is 6.08. The topological polar surface area (TPSA) is 37.3 Å². The molecule has 56 valence electrons. The van der Waals surface area contributed by atoms with Gasteiger partial charge in [0.2, 0.25) is 0 Å². The van der Waals surface area contributed by atoms with E-state index in [2.05, 4.69) is 6.92 Å². The molecule has 1 N–H and O–H groups in total. The molecule has 0 aliphatic heterocycles. The summed E-state index contributed by atoms with van der Waals surface area (Å²) in [4.78, 5) is 10.4. The number of carboxylic acids is 1. The van der Waals surface area contributed by atoms with E-state index in [0.29, 0.717) is 5.92 Å². The normalized spacial score (nSPS) is 32.1. The summed E-state index contributed by atoms with van der Waals surface area (Å²) in [5.74, 6) is -0.352. The van der Waals surface area contributed by atoms with Gasteiger partial charge < -0.3 is 5.11 Å². The van der Waals surface area contributed by atoms with Crippen molar-refractivity contribution in [3.8, 4) is 0 Å². The lowest BCUT2D eigenvalue weighted by Gasteiger charge is -2.15. The van der Waals surface area contributed by atoms with Gasteiger partial charge in [0, 0.05) is 0 Å². The van der Waals surface area contributed by atoms with E-state index >= 15 is 0 Å². The third-order valence-electron chi connectivity index (χ3n) is 1.92. The largest absolute Gasteiger partial charge is 0.481 e. The molecular weight excluding hydrogens is 128 g/mol. The van der Waals surface area contributed by atoms with Crippen LogP contribution in [0.4, 0.5) is 0 Å². The van der Waals surface area contributed by atoms with Crippen molar-refractivity contribution in [2.75, 3.05) is 0 Å². The van der Waals surface area contributed by atoms with Crippen molar-refractivity contribution in [2.45, 2.75) is 19.8 Å². The maximum absolute atomic E-state index is 10.4. The van der Waals surface area contributed by atoms with Gasteiger partial charge in [0.25, 0.3) is 0 Å². The first-order valence-corrected chi connectivity index (χ1v) is 3.61. The second-order valence-electron chi connectivity index (χ2n) is 2.88. The van der Waals surface area contributed by atoms with Crippen LogP contribution in [0.2, 0.25) is 0 Å². The minimum absolute atomic E-state index is 0.226. The molecule has 0 spiro atoms. The smallest absolute Gasteiger partial charge is 0.310 e. The molecule has 0 amide bonds. The van der Waals surface area contributed by atoms with Crippen LogP contribution in [0.1, 0.15) is 19.8 Å². The molecule has 0 radical (unpaired) electrons. The molecule has 0 fully saturated rings.